The third-order valence-electron chi connectivity index (χ3n) is 2.75. The van der Waals surface area contributed by atoms with Crippen LogP contribution in [0.1, 0.15) is 12.1 Å². The topological polar surface area (TPSA) is 103 Å². The normalized spacial score (nSPS) is 10.5. The summed E-state index contributed by atoms with van der Waals surface area (Å²) in [6.07, 6.45) is 2.84. The number of nitro benzene ring substituents is 1. The lowest BCUT2D eigenvalue weighted by atomic mass is 10.2. The zero-order chi connectivity index (χ0) is 14.5. The van der Waals surface area contributed by atoms with Crippen molar-refractivity contribution in [3.8, 4) is 11.4 Å². The Morgan fingerprint density at radius 1 is 1.50 bits per heavy atom. The number of aryl methyl sites for hydroxylation is 1. The highest BCUT2D eigenvalue weighted by molar-refractivity contribution is 5.53. The molecule has 8 heteroatoms. The number of methoxy groups -OCH3 is 1. The van der Waals surface area contributed by atoms with Crippen LogP contribution in [0.3, 0.4) is 0 Å². The number of hydrogen-bond acceptors (Lipinski definition) is 6. The maximum Gasteiger partial charge on any atom is 0.271 e. The predicted molar refractivity (Wildman–Crippen MR) is 70.0 cm³/mol. The first kappa shape index (κ1) is 13.9. The van der Waals surface area contributed by atoms with Crippen molar-refractivity contribution in [2.24, 2.45) is 0 Å². The number of ether oxygens (including phenoxy) is 1. The van der Waals surface area contributed by atoms with Gasteiger partial charge in [0.25, 0.3) is 5.69 Å². The van der Waals surface area contributed by atoms with Gasteiger partial charge in [0.05, 0.1) is 23.9 Å². The van der Waals surface area contributed by atoms with Crippen LogP contribution in [0.15, 0.2) is 24.4 Å². The van der Waals surface area contributed by atoms with E-state index in [4.69, 9.17) is 9.84 Å². The smallest absolute Gasteiger partial charge is 0.271 e. The van der Waals surface area contributed by atoms with E-state index in [2.05, 4.69) is 10.3 Å². The standard InChI is InChI=1S/C12H14N4O4/c1-20-12-5-4-10(16(18)19)7-11(12)15-8-9(13-14-15)3-2-6-17/h4-5,7-8,17H,2-3,6H2,1H3. The number of nitrogens with zero attached hydrogens (tertiary/aromatic N) is 4. The van der Waals surface area contributed by atoms with Crippen molar-refractivity contribution in [3.05, 3.63) is 40.2 Å². The average molecular weight is 278 g/mol. The molecule has 0 spiro atoms. The van der Waals surface area contributed by atoms with Crippen LogP contribution in [-0.2, 0) is 6.42 Å². The number of nitro groups is 1. The molecular formula is C12H14N4O4. The molecule has 0 saturated heterocycles. The molecular weight excluding hydrogens is 264 g/mol. The highest BCUT2D eigenvalue weighted by Crippen LogP contribution is 2.26. The van der Waals surface area contributed by atoms with Crippen molar-refractivity contribution in [2.75, 3.05) is 13.7 Å². The average Bonchev–Trinajstić information content (AvgIpc) is 2.93. The van der Waals surface area contributed by atoms with Gasteiger partial charge in [-0.2, -0.15) is 0 Å². The van der Waals surface area contributed by atoms with Crippen molar-refractivity contribution in [1.82, 2.24) is 15.0 Å². The second kappa shape index (κ2) is 6.11. The Labute approximate surface area is 114 Å². The van der Waals surface area contributed by atoms with Crippen LogP contribution >= 0.6 is 0 Å². The van der Waals surface area contributed by atoms with Crippen molar-refractivity contribution in [1.29, 1.82) is 0 Å². The Morgan fingerprint density at radius 2 is 2.30 bits per heavy atom. The Balaban J connectivity index is 2.36. The van der Waals surface area contributed by atoms with Crippen molar-refractivity contribution >= 4 is 5.69 Å². The van der Waals surface area contributed by atoms with E-state index >= 15 is 0 Å². The van der Waals surface area contributed by atoms with Gasteiger partial charge in [-0.1, -0.05) is 5.21 Å². The summed E-state index contributed by atoms with van der Waals surface area (Å²) in [6.45, 7) is 0.0764. The van der Waals surface area contributed by atoms with Crippen LogP contribution in [0, 0.1) is 10.1 Å². The highest BCUT2D eigenvalue weighted by Gasteiger charge is 2.14. The predicted octanol–water partition coefficient (Wildman–Crippen LogP) is 1.11. The monoisotopic (exact) mass is 278 g/mol. The van der Waals surface area contributed by atoms with E-state index in [1.54, 1.807) is 6.20 Å². The second-order valence-corrected chi connectivity index (χ2v) is 4.09. The first-order valence-electron chi connectivity index (χ1n) is 6.00. The lowest BCUT2D eigenvalue weighted by molar-refractivity contribution is -0.384. The number of aromatic nitrogens is 3. The van der Waals surface area contributed by atoms with Gasteiger partial charge in [-0.3, -0.25) is 10.1 Å². The van der Waals surface area contributed by atoms with Gasteiger partial charge < -0.3 is 9.84 Å². The molecule has 106 valence electrons. The van der Waals surface area contributed by atoms with Gasteiger partial charge in [-0.05, 0) is 18.9 Å². The van der Waals surface area contributed by atoms with Gasteiger partial charge in [0.2, 0.25) is 0 Å². The number of aliphatic hydroxyl groups excluding tert-OH is 1. The molecule has 0 radical (unpaired) electrons. The molecule has 1 N–H and O–H groups in total. The van der Waals surface area contributed by atoms with E-state index in [1.807, 2.05) is 0 Å². The molecule has 2 rings (SSSR count). The summed E-state index contributed by atoms with van der Waals surface area (Å²) >= 11 is 0. The number of hydrogen-bond donors (Lipinski definition) is 1. The summed E-state index contributed by atoms with van der Waals surface area (Å²) in [5, 5.41) is 27.5. The van der Waals surface area contributed by atoms with Gasteiger partial charge in [0.15, 0.2) is 0 Å². The molecule has 0 aliphatic heterocycles. The zero-order valence-corrected chi connectivity index (χ0v) is 10.9. The first-order chi connectivity index (χ1) is 9.65. The van der Waals surface area contributed by atoms with E-state index in [9.17, 15) is 10.1 Å². The molecule has 1 heterocycles. The van der Waals surface area contributed by atoms with E-state index in [0.29, 0.717) is 30.0 Å². The van der Waals surface area contributed by atoms with E-state index in [1.165, 1.54) is 30.0 Å². The summed E-state index contributed by atoms with van der Waals surface area (Å²) in [5.41, 5.74) is 1.10. The van der Waals surface area contributed by atoms with Gasteiger partial charge in [0, 0.05) is 18.7 Å². The first-order valence-corrected chi connectivity index (χ1v) is 6.00. The van der Waals surface area contributed by atoms with E-state index < -0.39 is 4.92 Å². The molecule has 8 nitrogen and oxygen atoms in total. The molecule has 1 aromatic carbocycles. The van der Waals surface area contributed by atoms with E-state index in [-0.39, 0.29) is 12.3 Å². The minimum atomic E-state index is -0.480. The highest BCUT2D eigenvalue weighted by atomic mass is 16.6. The summed E-state index contributed by atoms with van der Waals surface area (Å²) in [6, 6.07) is 4.26. The third kappa shape index (κ3) is 2.91. The molecule has 0 saturated carbocycles. The fourth-order valence-corrected chi connectivity index (χ4v) is 1.76. The zero-order valence-electron chi connectivity index (χ0n) is 10.9. The minimum absolute atomic E-state index is 0.0480. The van der Waals surface area contributed by atoms with Crippen LogP contribution < -0.4 is 4.74 Å². The Kier molecular flexibility index (Phi) is 4.26. The molecule has 0 unspecified atom stereocenters. The summed E-state index contributed by atoms with van der Waals surface area (Å²) in [5.74, 6) is 0.467. The van der Waals surface area contributed by atoms with Gasteiger partial charge >= 0.3 is 0 Å². The lowest BCUT2D eigenvalue weighted by Crippen LogP contribution is -2.00. The molecule has 0 bridgehead atoms. The molecule has 0 amide bonds. The summed E-state index contributed by atoms with van der Waals surface area (Å²) in [7, 11) is 1.48. The van der Waals surface area contributed by atoms with Gasteiger partial charge in [0.1, 0.15) is 11.4 Å². The molecule has 1 aromatic heterocycles. The van der Waals surface area contributed by atoms with Crippen LogP contribution in [0.5, 0.6) is 5.75 Å². The van der Waals surface area contributed by atoms with E-state index in [0.717, 1.165) is 0 Å². The van der Waals surface area contributed by atoms with Crippen molar-refractivity contribution < 1.29 is 14.8 Å². The summed E-state index contributed by atoms with van der Waals surface area (Å²) < 4.78 is 6.60. The Hall–Kier alpha value is -2.48. The number of aliphatic hydroxyl groups is 1. The quantitative estimate of drug-likeness (QED) is 0.627. The maximum atomic E-state index is 10.8. The van der Waals surface area contributed by atoms with Gasteiger partial charge in [-0.25, -0.2) is 4.68 Å². The molecule has 0 aliphatic carbocycles. The molecule has 2 aromatic rings. The van der Waals surface area contributed by atoms with Crippen LogP contribution in [0.4, 0.5) is 5.69 Å². The largest absolute Gasteiger partial charge is 0.494 e. The molecule has 0 aliphatic rings. The second-order valence-electron chi connectivity index (χ2n) is 4.09. The molecule has 0 fully saturated rings. The van der Waals surface area contributed by atoms with Crippen molar-refractivity contribution in [2.45, 2.75) is 12.8 Å². The SMILES string of the molecule is COc1ccc([N+](=O)[O-])cc1-n1cc(CCCO)nn1. The van der Waals surface area contributed by atoms with Crippen LogP contribution in [0.25, 0.3) is 5.69 Å². The van der Waals surface area contributed by atoms with Crippen molar-refractivity contribution in [3.63, 3.8) is 0 Å². The Morgan fingerprint density at radius 3 is 2.95 bits per heavy atom. The van der Waals surface area contributed by atoms with Crippen LogP contribution in [0.2, 0.25) is 0 Å². The lowest BCUT2D eigenvalue weighted by Gasteiger charge is -2.07. The van der Waals surface area contributed by atoms with Crippen LogP contribution in [-0.4, -0.2) is 38.7 Å². The minimum Gasteiger partial charge on any atom is -0.494 e. The number of benzene rings is 1. The number of rotatable bonds is 6. The van der Waals surface area contributed by atoms with Gasteiger partial charge in [-0.15, -0.1) is 5.10 Å². The maximum absolute atomic E-state index is 10.8. The fraction of sp³-hybridized carbons (Fsp3) is 0.333. The Bertz CT molecular complexity index is 611. The third-order valence-corrected chi connectivity index (χ3v) is 2.75. The molecule has 0 atom stereocenters. The number of non-ortho nitro benzene ring substituents is 1. The molecule has 20 heavy (non-hydrogen) atoms. The summed E-state index contributed by atoms with van der Waals surface area (Å²) in [4.78, 5) is 10.3. The fourth-order valence-electron chi connectivity index (χ4n) is 1.76.